The zero-order valence-electron chi connectivity index (χ0n) is 16.7. The number of nitro benzene ring substituents is 2. The van der Waals surface area contributed by atoms with Gasteiger partial charge >= 0.3 is 5.97 Å². The maximum atomic E-state index is 12.3. The topological polar surface area (TPSA) is 145 Å². The number of nitrogens with zero attached hydrogens (tertiary/aromatic N) is 3. The lowest BCUT2D eigenvalue weighted by Gasteiger charge is -2.32. The quantitative estimate of drug-likeness (QED) is 0.373. The number of rotatable bonds is 7. The molecule has 2 aromatic rings. The number of carbonyl (C=O) groups is 2. The van der Waals surface area contributed by atoms with Crippen molar-refractivity contribution in [3.8, 4) is 0 Å². The van der Waals surface area contributed by atoms with Crippen LogP contribution in [0.15, 0.2) is 42.5 Å². The van der Waals surface area contributed by atoms with Crippen LogP contribution in [0.2, 0.25) is 5.02 Å². The lowest BCUT2D eigenvalue weighted by molar-refractivity contribution is -0.384. The van der Waals surface area contributed by atoms with Gasteiger partial charge in [0.25, 0.3) is 17.3 Å². The van der Waals surface area contributed by atoms with Gasteiger partial charge in [-0.3, -0.25) is 29.8 Å². The van der Waals surface area contributed by atoms with Crippen LogP contribution in [0.25, 0.3) is 0 Å². The van der Waals surface area contributed by atoms with E-state index in [1.165, 1.54) is 18.2 Å². The van der Waals surface area contributed by atoms with Gasteiger partial charge in [-0.05, 0) is 31.0 Å². The van der Waals surface area contributed by atoms with Crippen LogP contribution in [0, 0.1) is 26.1 Å². The summed E-state index contributed by atoms with van der Waals surface area (Å²) in [6, 6.07) is 10.2. The van der Waals surface area contributed by atoms with Crippen LogP contribution in [0.4, 0.5) is 22.7 Å². The van der Waals surface area contributed by atoms with E-state index < -0.39 is 34.2 Å². The molecule has 0 radical (unpaired) electrons. The highest BCUT2D eigenvalue weighted by Crippen LogP contribution is 2.31. The summed E-state index contributed by atoms with van der Waals surface area (Å²) in [5.41, 5.74) is 0.0625. The fourth-order valence-electron chi connectivity index (χ4n) is 3.44. The molecule has 1 fully saturated rings. The number of hydrogen-bond acceptors (Lipinski definition) is 8. The van der Waals surface area contributed by atoms with E-state index in [2.05, 4.69) is 5.32 Å². The zero-order valence-corrected chi connectivity index (χ0v) is 17.5. The second-order valence-electron chi connectivity index (χ2n) is 7.08. The van der Waals surface area contributed by atoms with E-state index in [1.54, 1.807) is 18.2 Å². The Balaban J connectivity index is 1.51. The Kier molecular flexibility index (Phi) is 7.21. The van der Waals surface area contributed by atoms with Crippen molar-refractivity contribution in [2.45, 2.75) is 12.8 Å². The lowest BCUT2D eigenvalue weighted by atomic mass is 9.96. The molecule has 1 heterocycles. The van der Waals surface area contributed by atoms with Gasteiger partial charge in [-0.1, -0.05) is 23.7 Å². The Morgan fingerprint density at radius 2 is 1.72 bits per heavy atom. The summed E-state index contributed by atoms with van der Waals surface area (Å²) in [6.07, 6.45) is 0.824. The molecule has 0 atom stereocenters. The average molecular weight is 463 g/mol. The van der Waals surface area contributed by atoms with Crippen LogP contribution < -0.4 is 10.2 Å². The highest BCUT2D eigenvalue weighted by molar-refractivity contribution is 6.31. The molecule has 11 nitrogen and oxygen atoms in total. The molecule has 1 amide bonds. The second-order valence-corrected chi connectivity index (χ2v) is 7.52. The Morgan fingerprint density at radius 3 is 2.38 bits per heavy atom. The van der Waals surface area contributed by atoms with Crippen molar-refractivity contribution in [1.82, 2.24) is 0 Å². The molecule has 3 rings (SSSR count). The number of halogens is 1. The van der Waals surface area contributed by atoms with Gasteiger partial charge in [-0.2, -0.15) is 0 Å². The number of esters is 1. The van der Waals surface area contributed by atoms with E-state index in [4.69, 9.17) is 16.3 Å². The van der Waals surface area contributed by atoms with Crippen LogP contribution in [-0.4, -0.2) is 41.4 Å². The Bertz CT molecular complexity index is 1050. The lowest BCUT2D eigenvalue weighted by Crippen LogP contribution is -2.37. The number of piperidine rings is 1. The van der Waals surface area contributed by atoms with Crippen molar-refractivity contribution in [1.29, 1.82) is 0 Å². The normalized spacial score (nSPS) is 14.0. The monoisotopic (exact) mass is 462 g/mol. The average Bonchev–Trinajstić information content (AvgIpc) is 2.78. The van der Waals surface area contributed by atoms with Crippen LogP contribution in [0.3, 0.4) is 0 Å². The number of hydrogen-bond donors (Lipinski definition) is 1. The van der Waals surface area contributed by atoms with E-state index in [1.807, 2.05) is 4.90 Å². The first-order valence-corrected chi connectivity index (χ1v) is 10.0. The third-order valence-electron chi connectivity index (χ3n) is 5.02. The molecule has 0 saturated carbocycles. The summed E-state index contributed by atoms with van der Waals surface area (Å²) >= 11 is 5.74. The van der Waals surface area contributed by atoms with Crippen molar-refractivity contribution >= 4 is 46.2 Å². The summed E-state index contributed by atoms with van der Waals surface area (Å²) in [7, 11) is 0. The van der Waals surface area contributed by atoms with Gasteiger partial charge in [0.1, 0.15) is 11.4 Å². The predicted octanol–water partition coefficient (Wildman–Crippen LogP) is 3.55. The van der Waals surface area contributed by atoms with Gasteiger partial charge in [-0.25, -0.2) is 0 Å². The number of amides is 1. The molecule has 0 aliphatic carbocycles. The van der Waals surface area contributed by atoms with Gasteiger partial charge in [0.05, 0.1) is 15.8 Å². The number of ether oxygens (including phenoxy) is 1. The standard InChI is InChI=1S/C20H19ClN4O7/c21-14-5-6-15(18(11-14)25(30)31)22-19(26)12-32-20(27)13-7-9-23(10-8-13)16-3-1-2-4-17(16)24(28)29/h1-6,11,13H,7-10,12H2,(H,22,26). The molecule has 12 heteroatoms. The Labute approximate surface area is 187 Å². The molecule has 32 heavy (non-hydrogen) atoms. The van der Waals surface area contributed by atoms with E-state index in [0.29, 0.717) is 31.6 Å². The Morgan fingerprint density at radius 1 is 1.06 bits per heavy atom. The zero-order chi connectivity index (χ0) is 23.3. The number of nitrogens with one attached hydrogen (secondary N) is 1. The van der Waals surface area contributed by atoms with Gasteiger partial charge in [0.15, 0.2) is 6.61 Å². The fraction of sp³-hybridized carbons (Fsp3) is 0.300. The fourth-order valence-corrected chi connectivity index (χ4v) is 3.61. The van der Waals surface area contributed by atoms with Crippen molar-refractivity contribution in [2.24, 2.45) is 5.92 Å². The maximum Gasteiger partial charge on any atom is 0.309 e. The SMILES string of the molecule is O=C(COC(=O)C1CCN(c2ccccc2[N+](=O)[O-])CC1)Nc1ccc(Cl)cc1[N+](=O)[O-]. The third-order valence-corrected chi connectivity index (χ3v) is 5.26. The summed E-state index contributed by atoms with van der Waals surface area (Å²) in [5.74, 6) is -1.74. The van der Waals surface area contributed by atoms with E-state index in [9.17, 15) is 29.8 Å². The largest absolute Gasteiger partial charge is 0.455 e. The third kappa shape index (κ3) is 5.49. The molecular formula is C20H19ClN4O7. The van der Waals surface area contributed by atoms with E-state index in [-0.39, 0.29) is 22.1 Å². The highest BCUT2D eigenvalue weighted by Gasteiger charge is 2.29. The first-order valence-electron chi connectivity index (χ1n) is 9.65. The number of benzene rings is 2. The number of anilines is 2. The van der Waals surface area contributed by atoms with E-state index in [0.717, 1.165) is 6.07 Å². The van der Waals surface area contributed by atoms with Crippen molar-refractivity contribution in [2.75, 3.05) is 29.9 Å². The minimum absolute atomic E-state index is 0.00138. The first kappa shape index (κ1) is 22.9. The summed E-state index contributed by atoms with van der Waals surface area (Å²) < 4.78 is 5.07. The molecule has 0 spiro atoms. The van der Waals surface area contributed by atoms with Gasteiger partial charge < -0.3 is 15.0 Å². The van der Waals surface area contributed by atoms with Crippen molar-refractivity contribution in [3.05, 3.63) is 67.7 Å². The molecular weight excluding hydrogens is 444 g/mol. The smallest absolute Gasteiger partial charge is 0.309 e. The van der Waals surface area contributed by atoms with Crippen molar-refractivity contribution < 1.29 is 24.2 Å². The highest BCUT2D eigenvalue weighted by atomic mass is 35.5. The maximum absolute atomic E-state index is 12.3. The second kappa shape index (κ2) is 10.1. The molecule has 1 saturated heterocycles. The van der Waals surface area contributed by atoms with Crippen LogP contribution in [0.5, 0.6) is 0 Å². The molecule has 0 aromatic heterocycles. The summed E-state index contributed by atoms with van der Waals surface area (Å²) in [4.78, 5) is 47.4. The minimum Gasteiger partial charge on any atom is -0.455 e. The molecule has 0 unspecified atom stereocenters. The molecule has 168 valence electrons. The number of nitro groups is 2. The van der Waals surface area contributed by atoms with Crippen LogP contribution in [0.1, 0.15) is 12.8 Å². The Hall–Kier alpha value is -3.73. The first-order chi connectivity index (χ1) is 15.3. The van der Waals surface area contributed by atoms with Crippen LogP contribution >= 0.6 is 11.6 Å². The molecule has 1 aliphatic heterocycles. The minimum atomic E-state index is -0.721. The van der Waals surface area contributed by atoms with Gasteiger partial charge in [0.2, 0.25) is 0 Å². The number of para-hydroxylation sites is 2. The predicted molar refractivity (Wildman–Crippen MR) is 116 cm³/mol. The van der Waals surface area contributed by atoms with Gasteiger partial charge in [0, 0.05) is 30.2 Å². The van der Waals surface area contributed by atoms with E-state index >= 15 is 0 Å². The molecule has 2 aromatic carbocycles. The molecule has 0 bridgehead atoms. The molecule has 1 N–H and O–H groups in total. The summed E-state index contributed by atoms with van der Waals surface area (Å²) in [5, 5.41) is 24.8. The number of carbonyl (C=O) groups excluding carboxylic acids is 2. The molecule has 1 aliphatic rings. The van der Waals surface area contributed by atoms with Gasteiger partial charge in [-0.15, -0.1) is 0 Å². The van der Waals surface area contributed by atoms with Crippen LogP contribution in [-0.2, 0) is 14.3 Å². The summed E-state index contributed by atoms with van der Waals surface area (Å²) in [6.45, 7) is 0.255. The van der Waals surface area contributed by atoms with Crippen molar-refractivity contribution in [3.63, 3.8) is 0 Å².